The number of nitrogens with one attached hydrogen (secondary N) is 1. The van der Waals surface area contributed by atoms with Crippen molar-refractivity contribution in [1.82, 2.24) is 15.2 Å². The third-order valence-corrected chi connectivity index (χ3v) is 5.05. The number of rotatable bonds is 7. The molecule has 0 saturated carbocycles. The highest BCUT2D eigenvalue weighted by molar-refractivity contribution is 5.88. The number of nitrogens with zero attached hydrogens (tertiary/aromatic N) is 2. The van der Waals surface area contributed by atoms with Gasteiger partial charge in [0.2, 0.25) is 0 Å². The Morgan fingerprint density at radius 1 is 1.00 bits per heavy atom. The Bertz CT molecular complexity index is 1300. The first kappa shape index (κ1) is 21.0. The zero-order valence-electron chi connectivity index (χ0n) is 17.4. The van der Waals surface area contributed by atoms with Crippen molar-refractivity contribution in [3.63, 3.8) is 0 Å². The number of aryl methyl sites for hydroxylation is 1. The molecule has 160 valence electrons. The van der Waals surface area contributed by atoms with E-state index in [1.54, 1.807) is 36.5 Å². The van der Waals surface area contributed by atoms with Gasteiger partial charge in [-0.1, -0.05) is 19.1 Å². The number of H-pyrrole nitrogens is 1. The van der Waals surface area contributed by atoms with Gasteiger partial charge in [-0.15, -0.1) is 0 Å². The van der Waals surface area contributed by atoms with E-state index < -0.39 is 5.97 Å². The molecule has 0 aliphatic rings. The molecule has 7 nitrogen and oxygen atoms in total. The van der Waals surface area contributed by atoms with Crippen LogP contribution < -0.4 is 10.3 Å². The number of carbonyl (C=O) groups is 1. The number of pyridine rings is 1. The molecule has 2 aromatic heterocycles. The minimum Gasteiger partial charge on any atom is -0.478 e. The van der Waals surface area contributed by atoms with Gasteiger partial charge in [0.05, 0.1) is 17.0 Å². The molecule has 32 heavy (non-hydrogen) atoms. The van der Waals surface area contributed by atoms with Gasteiger partial charge in [-0.25, -0.2) is 4.79 Å². The van der Waals surface area contributed by atoms with E-state index in [0.717, 1.165) is 23.4 Å². The number of carboxylic acids is 1. The van der Waals surface area contributed by atoms with Crippen LogP contribution in [0.5, 0.6) is 11.5 Å². The molecule has 2 N–H and O–H groups in total. The zero-order valence-corrected chi connectivity index (χ0v) is 17.4. The largest absolute Gasteiger partial charge is 0.478 e. The lowest BCUT2D eigenvalue weighted by atomic mass is 10.0. The van der Waals surface area contributed by atoms with E-state index in [1.165, 1.54) is 12.1 Å². The van der Waals surface area contributed by atoms with Gasteiger partial charge in [0.15, 0.2) is 0 Å². The zero-order chi connectivity index (χ0) is 22.5. The molecule has 0 aliphatic carbocycles. The third-order valence-electron chi connectivity index (χ3n) is 5.05. The van der Waals surface area contributed by atoms with Crippen molar-refractivity contribution in [1.29, 1.82) is 0 Å². The molecule has 4 rings (SSSR count). The van der Waals surface area contributed by atoms with Gasteiger partial charge < -0.3 is 14.8 Å². The van der Waals surface area contributed by atoms with E-state index >= 15 is 0 Å². The van der Waals surface area contributed by atoms with Gasteiger partial charge >= 0.3 is 5.97 Å². The van der Waals surface area contributed by atoms with Crippen LogP contribution in [0.15, 0.2) is 77.7 Å². The summed E-state index contributed by atoms with van der Waals surface area (Å²) >= 11 is 0. The molecular weight excluding hydrogens is 406 g/mol. The summed E-state index contributed by atoms with van der Waals surface area (Å²) < 4.78 is 6.03. The van der Waals surface area contributed by atoms with Crippen LogP contribution in [-0.4, -0.2) is 26.3 Å². The fraction of sp³-hybridized carbons (Fsp3) is 0.120. The van der Waals surface area contributed by atoms with Crippen molar-refractivity contribution >= 4 is 5.97 Å². The number of aromatic carboxylic acids is 1. The SMILES string of the molecule is CCc1ccc(-c2ccc(Oc3cc(C(=O)O)ccc3Cc3ccc[nH]c3=O)cc2)nn1. The van der Waals surface area contributed by atoms with Crippen molar-refractivity contribution in [2.45, 2.75) is 19.8 Å². The molecule has 4 aromatic rings. The average Bonchev–Trinajstić information content (AvgIpc) is 2.82. The lowest BCUT2D eigenvalue weighted by Crippen LogP contribution is -2.12. The van der Waals surface area contributed by atoms with Gasteiger partial charge in [-0.2, -0.15) is 10.2 Å². The van der Waals surface area contributed by atoms with Crippen molar-refractivity contribution in [3.05, 3.63) is 106 Å². The Balaban J connectivity index is 1.62. The van der Waals surface area contributed by atoms with Crippen LogP contribution in [0, 0.1) is 0 Å². The number of hydrogen-bond donors (Lipinski definition) is 2. The fourth-order valence-corrected chi connectivity index (χ4v) is 3.25. The van der Waals surface area contributed by atoms with E-state index in [0.29, 0.717) is 29.0 Å². The van der Waals surface area contributed by atoms with E-state index in [4.69, 9.17) is 4.74 Å². The molecule has 0 fully saturated rings. The second-order valence-corrected chi connectivity index (χ2v) is 7.22. The minimum absolute atomic E-state index is 0.105. The standard InChI is InChI=1S/C25H21N3O4/c1-2-20-9-12-22(28-27-20)16-7-10-21(11-8-16)32-23-15-19(25(30)31)6-5-17(23)14-18-4-3-13-26-24(18)29/h3-13,15H,2,14H2,1H3,(H,26,29)(H,30,31). The molecule has 7 heteroatoms. The maximum Gasteiger partial charge on any atom is 0.335 e. The smallest absolute Gasteiger partial charge is 0.335 e. The molecule has 0 bridgehead atoms. The lowest BCUT2D eigenvalue weighted by molar-refractivity contribution is 0.0696. The quantitative estimate of drug-likeness (QED) is 0.451. The summed E-state index contributed by atoms with van der Waals surface area (Å²) in [5.41, 5.74) is 3.75. The molecular formula is C25H21N3O4. The topological polar surface area (TPSA) is 105 Å². The summed E-state index contributed by atoms with van der Waals surface area (Å²) in [5.74, 6) is -0.131. The number of hydrogen-bond acceptors (Lipinski definition) is 5. The van der Waals surface area contributed by atoms with Gasteiger partial charge in [0.1, 0.15) is 11.5 Å². The molecule has 0 atom stereocenters. The van der Waals surface area contributed by atoms with Gasteiger partial charge in [-0.3, -0.25) is 4.79 Å². The van der Waals surface area contributed by atoms with Crippen LogP contribution in [0.25, 0.3) is 11.3 Å². The summed E-state index contributed by atoms with van der Waals surface area (Å²) in [4.78, 5) is 26.2. The first-order valence-corrected chi connectivity index (χ1v) is 10.2. The molecule has 2 aromatic carbocycles. The van der Waals surface area contributed by atoms with Crippen LogP contribution in [-0.2, 0) is 12.8 Å². The molecule has 0 saturated heterocycles. The Kier molecular flexibility index (Phi) is 6.07. The van der Waals surface area contributed by atoms with E-state index in [9.17, 15) is 14.7 Å². The summed E-state index contributed by atoms with van der Waals surface area (Å²) in [5, 5.41) is 17.8. The first-order chi connectivity index (χ1) is 15.5. The molecule has 0 spiro atoms. The van der Waals surface area contributed by atoms with Crippen molar-refractivity contribution in [2.24, 2.45) is 0 Å². The van der Waals surface area contributed by atoms with Crippen LogP contribution in [0.2, 0.25) is 0 Å². The third kappa shape index (κ3) is 4.73. The lowest BCUT2D eigenvalue weighted by Gasteiger charge is -2.13. The summed E-state index contributed by atoms with van der Waals surface area (Å²) in [6.45, 7) is 2.03. The Morgan fingerprint density at radius 2 is 1.81 bits per heavy atom. The average molecular weight is 427 g/mol. The second kappa shape index (κ2) is 9.26. The Labute approximate surface area is 184 Å². The van der Waals surface area contributed by atoms with Gasteiger partial charge in [-0.05, 0) is 66.6 Å². The molecule has 0 aliphatic heterocycles. The number of carboxylic acid groups (broad SMARTS) is 1. The van der Waals surface area contributed by atoms with Gasteiger partial charge in [0, 0.05) is 23.7 Å². The molecule has 0 unspecified atom stereocenters. The van der Waals surface area contributed by atoms with E-state index in [-0.39, 0.29) is 11.1 Å². The number of ether oxygens (including phenoxy) is 1. The van der Waals surface area contributed by atoms with E-state index in [2.05, 4.69) is 15.2 Å². The van der Waals surface area contributed by atoms with Crippen molar-refractivity contribution in [3.8, 4) is 22.8 Å². The first-order valence-electron chi connectivity index (χ1n) is 10.2. The van der Waals surface area contributed by atoms with Crippen LogP contribution in [0.3, 0.4) is 0 Å². The van der Waals surface area contributed by atoms with E-state index in [1.807, 2.05) is 31.2 Å². The van der Waals surface area contributed by atoms with Crippen molar-refractivity contribution < 1.29 is 14.6 Å². The monoisotopic (exact) mass is 427 g/mol. The summed E-state index contributed by atoms with van der Waals surface area (Å²) in [7, 11) is 0. The predicted octanol–water partition coefficient (Wildman–Crippen LogP) is 4.48. The Hall–Kier alpha value is -4.26. The maximum atomic E-state index is 12.1. The highest BCUT2D eigenvalue weighted by Crippen LogP contribution is 2.29. The normalized spacial score (nSPS) is 10.7. The number of benzene rings is 2. The minimum atomic E-state index is -1.05. The molecule has 0 radical (unpaired) electrons. The molecule has 2 heterocycles. The number of aromatic nitrogens is 3. The van der Waals surface area contributed by atoms with Crippen LogP contribution >= 0.6 is 0 Å². The predicted molar refractivity (Wildman–Crippen MR) is 120 cm³/mol. The summed E-state index contributed by atoms with van der Waals surface area (Å²) in [6.07, 6.45) is 2.70. The maximum absolute atomic E-state index is 12.1. The van der Waals surface area contributed by atoms with Gasteiger partial charge in [0.25, 0.3) is 5.56 Å². The van der Waals surface area contributed by atoms with Crippen LogP contribution in [0.1, 0.15) is 34.1 Å². The molecule has 0 amide bonds. The van der Waals surface area contributed by atoms with Crippen LogP contribution in [0.4, 0.5) is 0 Å². The highest BCUT2D eigenvalue weighted by Gasteiger charge is 2.13. The Morgan fingerprint density at radius 3 is 2.47 bits per heavy atom. The number of aromatic amines is 1. The fourth-order valence-electron chi connectivity index (χ4n) is 3.25. The van der Waals surface area contributed by atoms with Crippen molar-refractivity contribution in [2.75, 3.05) is 0 Å². The summed E-state index contributed by atoms with van der Waals surface area (Å²) in [6, 6.07) is 19.3. The highest BCUT2D eigenvalue weighted by atomic mass is 16.5. The second-order valence-electron chi connectivity index (χ2n) is 7.22.